The number of carbonyl (C=O) groups is 1. The predicted octanol–water partition coefficient (Wildman–Crippen LogP) is 5.63. The summed E-state index contributed by atoms with van der Waals surface area (Å²) in [7, 11) is 0. The third kappa shape index (κ3) is 3.87. The summed E-state index contributed by atoms with van der Waals surface area (Å²) in [5.74, 6) is -0.370. The van der Waals surface area contributed by atoms with E-state index in [4.69, 9.17) is 21.1 Å². The second kappa shape index (κ2) is 8.18. The summed E-state index contributed by atoms with van der Waals surface area (Å²) >= 11 is 6.19. The summed E-state index contributed by atoms with van der Waals surface area (Å²) in [5, 5.41) is 14.1. The monoisotopic (exact) mass is 458 g/mol. The van der Waals surface area contributed by atoms with Gasteiger partial charge in [-0.1, -0.05) is 28.9 Å². The molecule has 1 aromatic carbocycles. The van der Waals surface area contributed by atoms with Crippen molar-refractivity contribution in [2.75, 3.05) is 0 Å². The van der Waals surface area contributed by atoms with Crippen molar-refractivity contribution in [1.29, 1.82) is 0 Å². The lowest BCUT2D eigenvalue weighted by Crippen LogP contribution is -2.02. The highest BCUT2D eigenvalue weighted by molar-refractivity contribution is 6.30. The Bertz CT molecular complexity index is 1500. The molecule has 0 radical (unpaired) electrons. The molecule has 0 bridgehead atoms. The fourth-order valence-corrected chi connectivity index (χ4v) is 4.31. The van der Waals surface area contributed by atoms with Crippen LogP contribution >= 0.6 is 11.6 Å². The molecule has 8 heteroatoms. The van der Waals surface area contributed by atoms with Crippen LogP contribution in [-0.2, 0) is 6.42 Å². The molecular weight excluding hydrogens is 440 g/mol. The molecule has 0 saturated heterocycles. The van der Waals surface area contributed by atoms with Crippen molar-refractivity contribution in [2.24, 2.45) is 0 Å². The fourth-order valence-electron chi connectivity index (χ4n) is 4.10. The molecule has 4 heterocycles. The van der Waals surface area contributed by atoms with E-state index in [1.54, 1.807) is 12.1 Å². The summed E-state index contributed by atoms with van der Waals surface area (Å²) in [4.78, 5) is 20.2. The highest BCUT2D eigenvalue weighted by atomic mass is 35.5. The molecule has 0 spiro atoms. The zero-order valence-electron chi connectivity index (χ0n) is 17.9. The molecule has 4 aromatic heterocycles. The van der Waals surface area contributed by atoms with Gasteiger partial charge in [0.05, 0.1) is 16.7 Å². The molecule has 0 atom stereocenters. The lowest BCUT2D eigenvalue weighted by molar-refractivity contribution is 0.0690. The predicted molar refractivity (Wildman–Crippen MR) is 125 cm³/mol. The van der Waals surface area contributed by atoms with Crippen LogP contribution in [0.25, 0.3) is 27.8 Å². The van der Waals surface area contributed by atoms with Crippen molar-refractivity contribution in [1.82, 2.24) is 19.7 Å². The van der Waals surface area contributed by atoms with Crippen molar-refractivity contribution < 1.29 is 14.4 Å². The van der Waals surface area contributed by atoms with E-state index in [9.17, 15) is 9.90 Å². The number of benzene rings is 1. The first-order chi connectivity index (χ1) is 15.9. The van der Waals surface area contributed by atoms with Crippen LogP contribution < -0.4 is 0 Å². The summed E-state index contributed by atoms with van der Waals surface area (Å²) in [6, 6.07) is 13.1. The van der Waals surface area contributed by atoms with Crippen LogP contribution in [0.5, 0.6) is 0 Å². The van der Waals surface area contributed by atoms with Gasteiger partial charge in [0.25, 0.3) is 0 Å². The van der Waals surface area contributed by atoms with Gasteiger partial charge < -0.3 is 14.2 Å². The van der Waals surface area contributed by atoms with Gasteiger partial charge in [-0.3, -0.25) is 4.98 Å². The van der Waals surface area contributed by atoms with E-state index in [1.807, 2.05) is 61.1 Å². The van der Waals surface area contributed by atoms with Crippen LogP contribution in [0.2, 0.25) is 5.02 Å². The number of fused-ring (bicyclic) bond motifs is 1. The van der Waals surface area contributed by atoms with E-state index in [1.165, 1.54) is 6.20 Å². The van der Waals surface area contributed by atoms with Crippen LogP contribution in [0.3, 0.4) is 0 Å². The van der Waals surface area contributed by atoms with Gasteiger partial charge in [0.2, 0.25) is 0 Å². The number of hydrogen-bond acceptors (Lipinski definition) is 5. The molecular formula is C25H19ClN4O3. The minimum atomic E-state index is -1.08. The summed E-state index contributed by atoms with van der Waals surface area (Å²) in [6.07, 6.45) is 5.91. The molecule has 164 valence electrons. The van der Waals surface area contributed by atoms with E-state index in [2.05, 4.69) is 10.1 Å². The van der Waals surface area contributed by atoms with E-state index in [-0.39, 0.29) is 5.69 Å². The molecule has 0 amide bonds. The Kier molecular flexibility index (Phi) is 5.18. The molecule has 5 rings (SSSR count). The smallest absolute Gasteiger partial charge is 0.354 e. The second-order valence-electron chi connectivity index (χ2n) is 7.83. The van der Waals surface area contributed by atoms with Gasteiger partial charge >= 0.3 is 5.97 Å². The van der Waals surface area contributed by atoms with E-state index in [0.717, 1.165) is 39.0 Å². The van der Waals surface area contributed by atoms with Crippen LogP contribution in [0.1, 0.15) is 33.1 Å². The maximum Gasteiger partial charge on any atom is 0.354 e. The van der Waals surface area contributed by atoms with E-state index >= 15 is 0 Å². The lowest BCUT2D eigenvalue weighted by Gasteiger charge is -2.07. The molecule has 0 aliphatic carbocycles. The molecule has 0 aliphatic heterocycles. The molecule has 33 heavy (non-hydrogen) atoms. The Labute approximate surface area is 194 Å². The average Bonchev–Trinajstić information content (AvgIpc) is 3.32. The van der Waals surface area contributed by atoms with Crippen molar-refractivity contribution in [3.63, 3.8) is 0 Å². The molecule has 0 fully saturated rings. The Morgan fingerprint density at radius 3 is 2.73 bits per heavy atom. The maximum atomic E-state index is 11.5. The van der Waals surface area contributed by atoms with Crippen LogP contribution in [-0.4, -0.2) is 30.8 Å². The topological polar surface area (TPSA) is 94.0 Å². The van der Waals surface area contributed by atoms with E-state index in [0.29, 0.717) is 22.9 Å². The number of aryl methyl sites for hydroxylation is 2. The summed E-state index contributed by atoms with van der Waals surface area (Å²) < 4.78 is 7.29. The Morgan fingerprint density at radius 1 is 1.15 bits per heavy atom. The Hall–Kier alpha value is -3.97. The van der Waals surface area contributed by atoms with Crippen molar-refractivity contribution in [3.05, 3.63) is 94.4 Å². The van der Waals surface area contributed by atoms with Crippen LogP contribution in [0.4, 0.5) is 0 Å². The largest absolute Gasteiger partial charge is 0.477 e. The molecule has 1 N–H and O–H groups in total. The standard InChI is InChI=1S/C25H19ClN4O3/c1-14-23(15(2)33-29-14)17-10-22-24(28-12-17)18(8-16-4-3-5-19(26)9-16)13-30(22)20-6-7-27-21(11-20)25(31)32/h3-7,9-13H,8H2,1-2H3,(H,31,32). The third-order valence-electron chi connectivity index (χ3n) is 5.56. The minimum absolute atomic E-state index is 0.0272. The quantitative estimate of drug-likeness (QED) is 0.366. The van der Waals surface area contributed by atoms with Gasteiger partial charge in [-0.2, -0.15) is 0 Å². The second-order valence-corrected chi connectivity index (χ2v) is 8.26. The molecule has 7 nitrogen and oxygen atoms in total. The Morgan fingerprint density at radius 2 is 2.00 bits per heavy atom. The number of halogens is 1. The SMILES string of the molecule is Cc1noc(C)c1-c1cnc2c(Cc3cccc(Cl)c3)cn(-c3ccnc(C(=O)O)c3)c2c1. The molecule has 0 unspecified atom stereocenters. The van der Waals surface area contributed by atoms with Gasteiger partial charge in [-0.25, -0.2) is 9.78 Å². The summed E-state index contributed by atoms with van der Waals surface area (Å²) in [6.45, 7) is 3.76. The van der Waals surface area contributed by atoms with Crippen molar-refractivity contribution >= 4 is 28.6 Å². The number of hydrogen-bond donors (Lipinski definition) is 1. The van der Waals surface area contributed by atoms with E-state index < -0.39 is 5.97 Å². The first kappa shape index (κ1) is 20.9. The number of aromatic nitrogens is 4. The maximum absolute atomic E-state index is 11.5. The number of carboxylic acid groups (broad SMARTS) is 1. The van der Waals surface area contributed by atoms with Crippen molar-refractivity contribution in [2.45, 2.75) is 20.3 Å². The van der Waals surface area contributed by atoms with Gasteiger partial charge in [0.1, 0.15) is 11.5 Å². The fraction of sp³-hybridized carbons (Fsp3) is 0.120. The Balaban J connectivity index is 1.72. The lowest BCUT2D eigenvalue weighted by atomic mass is 10.0. The average molecular weight is 459 g/mol. The summed E-state index contributed by atoms with van der Waals surface area (Å²) in [5.41, 5.74) is 6.91. The van der Waals surface area contributed by atoms with Crippen LogP contribution in [0, 0.1) is 13.8 Å². The highest BCUT2D eigenvalue weighted by Crippen LogP contribution is 2.32. The van der Waals surface area contributed by atoms with Gasteiger partial charge in [-0.05, 0) is 49.7 Å². The number of aromatic carboxylic acids is 1. The van der Waals surface area contributed by atoms with Crippen LogP contribution in [0.15, 0.2) is 65.6 Å². The van der Waals surface area contributed by atoms with Gasteiger partial charge in [0.15, 0.2) is 0 Å². The first-order valence-corrected chi connectivity index (χ1v) is 10.7. The number of pyridine rings is 2. The molecule has 5 aromatic rings. The normalized spacial score (nSPS) is 11.2. The van der Waals surface area contributed by atoms with Crippen molar-refractivity contribution in [3.8, 4) is 16.8 Å². The van der Waals surface area contributed by atoms with Gasteiger partial charge in [-0.15, -0.1) is 0 Å². The number of carboxylic acids is 1. The van der Waals surface area contributed by atoms with Gasteiger partial charge in [0, 0.05) is 52.4 Å². The highest BCUT2D eigenvalue weighted by Gasteiger charge is 2.18. The number of nitrogens with zero attached hydrogens (tertiary/aromatic N) is 4. The zero-order chi connectivity index (χ0) is 23.1. The minimum Gasteiger partial charge on any atom is -0.477 e. The number of rotatable bonds is 5. The third-order valence-corrected chi connectivity index (χ3v) is 5.80. The molecule has 0 aliphatic rings. The zero-order valence-corrected chi connectivity index (χ0v) is 18.7. The first-order valence-electron chi connectivity index (χ1n) is 10.3. The molecule has 0 saturated carbocycles.